The van der Waals surface area contributed by atoms with Gasteiger partial charge >= 0.3 is 0 Å². The molecule has 0 heterocycles. The number of hydrogen-bond donors (Lipinski definition) is 0. The summed E-state index contributed by atoms with van der Waals surface area (Å²) >= 11 is 0. The fourth-order valence-electron chi connectivity index (χ4n) is 4.84. The lowest BCUT2D eigenvalue weighted by Crippen LogP contribution is -2.25. The van der Waals surface area contributed by atoms with Gasteiger partial charge in [0.15, 0.2) is 0 Å². The van der Waals surface area contributed by atoms with Crippen LogP contribution in [-0.2, 0) is 0 Å². The molecule has 2 aliphatic carbocycles. The first-order valence-corrected chi connectivity index (χ1v) is 9.96. The van der Waals surface area contributed by atoms with Crippen LogP contribution in [0.5, 0.6) is 0 Å². The summed E-state index contributed by atoms with van der Waals surface area (Å²) in [6.07, 6.45) is 23.0. The van der Waals surface area contributed by atoms with Crippen LogP contribution in [0.1, 0.15) is 96.8 Å². The first-order chi connectivity index (χ1) is 10.3. The molecule has 0 aromatic rings. The van der Waals surface area contributed by atoms with Crippen LogP contribution in [0.4, 0.5) is 0 Å². The Kier molecular flexibility index (Phi) is 7.89. The van der Waals surface area contributed by atoms with Gasteiger partial charge in [0.2, 0.25) is 0 Å². The van der Waals surface area contributed by atoms with E-state index in [0.29, 0.717) is 0 Å². The fraction of sp³-hybridized carbons (Fsp3) is 0.905. The van der Waals surface area contributed by atoms with Crippen molar-refractivity contribution >= 4 is 0 Å². The van der Waals surface area contributed by atoms with E-state index in [1.54, 1.807) is 25.7 Å². The molecule has 2 saturated carbocycles. The summed E-state index contributed by atoms with van der Waals surface area (Å²) in [6, 6.07) is 0. The van der Waals surface area contributed by atoms with E-state index in [-0.39, 0.29) is 0 Å². The minimum absolute atomic E-state index is 0.834. The van der Waals surface area contributed by atoms with Crippen LogP contribution < -0.4 is 0 Å². The Hall–Kier alpha value is -0.260. The van der Waals surface area contributed by atoms with Crippen LogP contribution in [0, 0.1) is 23.7 Å². The van der Waals surface area contributed by atoms with Crippen LogP contribution in [-0.4, -0.2) is 0 Å². The molecular formula is C21H38. The van der Waals surface area contributed by atoms with Crippen molar-refractivity contribution in [2.24, 2.45) is 23.7 Å². The van der Waals surface area contributed by atoms with Gasteiger partial charge in [-0.1, -0.05) is 64.4 Å². The first-order valence-electron chi connectivity index (χ1n) is 9.96. The molecule has 0 heteroatoms. The van der Waals surface area contributed by atoms with Crippen molar-refractivity contribution < 1.29 is 0 Å². The summed E-state index contributed by atoms with van der Waals surface area (Å²) in [5.41, 5.74) is 0. The van der Waals surface area contributed by atoms with Crippen LogP contribution in [0.2, 0.25) is 0 Å². The molecule has 0 saturated heterocycles. The molecule has 0 nitrogen and oxygen atoms in total. The van der Waals surface area contributed by atoms with E-state index < -0.39 is 0 Å². The monoisotopic (exact) mass is 290 g/mol. The highest BCUT2D eigenvalue weighted by molar-refractivity contribution is 4.87. The molecular weight excluding hydrogens is 252 g/mol. The van der Waals surface area contributed by atoms with Gasteiger partial charge in [-0.05, 0) is 62.2 Å². The summed E-state index contributed by atoms with van der Waals surface area (Å²) < 4.78 is 0. The lowest BCUT2D eigenvalue weighted by molar-refractivity contribution is 0.151. The Labute approximate surface area is 133 Å². The van der Waals surface area contributed by atoms with Gasteiger partial charge < -0.3 is 0 Å². The van der Waals surface area contributed by atoms with Crippen molar-refractivity contribution in [1.82, 2.24) is 0 Å². The topological polar surface area (TPSA) is 0 Å². The smallest absolute Gasteiger partial charge is 0.0236 e. The van der Waals surface area contributed by atoms with Crippen LogP contribution in [0.3, 0.4) is 0 Å². The number of hydrogen-bond acceptors (Lipinski definition) is 0. The second kappa shape index (κ2) is 9.70. The van der Waals surface area contributed by atoms with Crippen LogP contribution in [0.15, 0.2) is 12.7 Å². The van der Waals surface area contributed by atoms with Gasteiger partial charge in [-0.2, -0.15) is 0 Å². The number of allylic oxidation sites excluding steroid dienone is 1. The lowest BCUT2D eigenvalue weighted by Gasteiger charge is -2.37. The number of unbranched alkanes of at least 4 members (excludes halogenated alkanes) is 4. The molecule has 122 valence electrons. The Balaban J connectivity index is 1.57. The van der Waals surface area contributed by atoms with Gasteiger partial charge in [0, 0.05) is 0 Å². The molecule has 2 aliphatic rings. The second-order valence-electron chi connectivity index (χ2n) is 7.89. The summed E-state index contributed by atoms with van der Waals surface area (Å²) in [6.45, 7) is 6.29. The van der Waals surface area contributed by atoms with Gasteiger partial charge in [0.05, 0.1) is 0 Å². The highest BCUT2D eigenvalue weighted by atomic mass is 14.3. The lowest BCUT2D eigenvalue weighted by atomic mass is 9.68. The zero-order valence-corrected chi connectivity index (χ0v) is 14.5. The van der Waals surface area contributed by atoms with Crippen LogP contribution in [0.25, 0.3) is 0 Å². The third kappa shape index (κ3) is 5.80. The maximum atomic E-state index is 3.98. The Morgan fingerprint density at radius 3 is 1.90 bits per heavy atom. The minimum atomic E-state index is 0.834. The van der Waals surface area contributed by atoms with Crippen molar-refractivity contribution in [1.29, 1.82) is 0 Å². The quantitative estimate of drug-likeness (QED) is 0.329. The summed E-state index contributed by atoms with van der Waals surface area (Å²) in [7, 11) is 0. The molecule has 0 spiro atoms. The van der Waals surface area contributed by atoms with Gasteiger partial charge in [-0.25, -0.2) is 0 Å². The second-order valence-corrected chi connectivity index (χ2v) is 7.89. The molecule has 0 unspecified atom stereocenters. The van der Waals surface area contributed by atoms with Gasteiger partial charge in [0.25, 0.3) is 0 Å². The summed E-state index contributed by atoms with van der Waals surface area (Å²) in [5.74, 6) is 4.05. The molecule has 0 aromatic carbocycles. The number of rotatable bonds is 8. The standard InChI is InChI=1S/C21H38/c1-3-5-6-7-8-9-19-12-16-21(17-13-19)20-14-10-18(4-2)11-15-20/h4,18-21H,2-3,5-17H2,1H3/t18?,19-,20?,21-. The molecule has 0 bridgehead atoms. The minimum Gasteiger partial charge on any atom is -0.103 e. The molecule has 2 fully saturated rings. The molecule has 21 heavy (non-hydrogen) atoms. The molecule has 0 N–H and O–H groups in total. The average molecular weight is 291 g/mol. The molecule has 2 rings (SSSR count). The Morgan fingerprint density at radius 2 is 1.33 bits per heavy atom. The average Bonchev–Trinajstić information content (AvgIpc) is 2.55. The molecule has 0 amide bonds. The van der Waals surface area contributed by atoms with E-state index in [0.717, 1.165) is 23.7 Å². The van der Waals surface area contributed by atoms with Crippen molar-refractivity contribution in [3.63, 3.8) is 0 Å². The zero-order chi connectivity index (χ0) is 14.9. The highest BCUT2D eigenvalue weighted by Crippen LogP contribution is 2.42. The van der Waals surface area contributed by atoms with Crippen molar-refractivity contribution in [2.75, 3.05) is 0 Å². The first kappa shape index (κ1) is 17.1. The summed E-state index contributed by atoms with van der Waals surface area (Å²) in [5, 5.41) is 0. The normalized spacial score (nSPS) is 33.8. The third-order valence-corrected chi connectivity index (χ3v) is 6.42. The van der Waals surface area contributed by atoms with Crippen LogP contribution >= 0.6 is 0 Å². The van der Waals surface area contributed by atoms with E-state index in [9.17, 15) is 0 Å². The van der Waals surface area contributed by atoms with E-state index in [4.69, 9.17) is 0 Å². The van der Waals surface area contributed by atoms with Crippen molar-refractivity contribution in [2.45, 2.75) is 96.8 Å². The van der Waals surface area contributed by atoms with E-state index in [1.165, 1.54) is 64.2 Å². The SMILES string of the molecule is C=CC1CCC([C@H]2CC[C@H](CCCCCCC)CC2)CC1. The highest BCUT2D eigenvalue weighted by Gasteiger charge is 2.29. The van der Waals surface area contributed by atoms with E-state index in [1.807, 2.05) is 0 Å². The van der Waals surface area contributed by atoms with Crippen molar-refractivity contribution in [3.05, 3.63) is 12.7 Å². The summed E-state index contributed by atoms with van der Waals surface area (Å²) in [4.78, 5) is 0. The zero-order valence-electron chi connectivity index (χ0n) is 14.5. The Bertz CT molecular complexity index is 264. The molecule has 0 radical (unpaired) electrons. The largest absolute Gasteiger partial charge is 0.103 e. The third-order valence-electron chi connectivity index (χ3n) is 6.42. The molecule has 0 aliphatic heterocycles. The van der Waals surface area contributed by atoms with Gasteiger partial charge in [-0.3, -0.25) is 0 Å². The maximum Gasteiger partial charge on any atom is -0.0236 e. The van der Waals surface area contributed by atoms with E-state index >= 15 is 0 Å². The maximum absolute atomic E-state index is 3.98. The van der Waals surface area contributed by atoms with E-state index in [2.05, 4.69) is 19.6 Å². The molecule has 0 atom stereocenters. The Morgan fingerprint density at radius 1 is 0.762 bits per heavy atom. The van der Waals surface area contributed by atoms with Crippen molar-refractivity contribution in [3.8, 4) is 0 Å². The van der Waals surface area contributed by atoms with Gasteiger partial charge in [-0.15, -0.1) is 6.58 Å². The molecule has 0 aromatic heterocycles. The fourth-order valence-corrected chi connectivity index (χ4v) is 4.84. The predicted octanol–water partition coefficient (Wildman–Crippen LogP) is 7.15. The van der Waals surface area contributed by atoms with Gasteiger partial charge in [0.1, 0.15) is 0 Å². The predicted molar refractivity (Wildman–Crippen MR) is 94.5 cm³/mol.